The number of rotatable bonds is 4. The molecule has 3 heterocycles. The van der Waals surface area contributed by atoms with Gasteiger partial charge in [0.25, 0.3) is 0 Å². The van der Waals surface area contributed by atoms with E-state index in [1.54, 1.807) is 11.2 Å². The van der Waals surface area contributed by atoms with Crippen molar-refractivity contribution in [1.29, 1.82) is 0 Å². The number of halogens is 2. The highest BCUT2D eigenvalue weighted by atomic mass is 32.2. The summed E-state index contributed by atoms with van der Waals surface area (Å²) in [5.41, 5.74) is -0.112. The number of hydrogen-bond acceptors (Lipinski definition) is 6. The molecule has 2 aliphatic carbocycles. The third-order valence-corrected chi connectivity index (χ3v) is 7.48. The fourth-order valence-electron chi connectivity index (χ4n) is 4.95. The maximum absolute atomic E-state index is 15.6. The molecule has 2 aromatic heterocycles. The molecular formula is C22H23F2N7OS. The van der Waals surface area contributed by atoms with E-state index in [9.17, 15) is 8.60 Å². The fourth-order valence-corrected chi connectivity index (χ4v) is 5.38. The third-order valence-electron chi connectivity index (χ3n) is 6.76. The highest BCUT2D eigenvalue weighted by Gasteiger charge is 2.48. The van der Waals surface area contributed by atoms with Crippen LogP contribution in [-0.4, -0.2) is 30.8 Å². The number of hydrazone groups is 1. The number of aromatic nitrogens is 3. The van der Waals surface area contributed by atoms with Crippen LogP contribution in [0.3, 0.4) is 0 Å². The molecule has 0 saturated heterocycles. The highest BCUT2D eigenvalue weighted by Crippen LogP contribution is 2.48. The Morgan fingerprint density at radius 3 is 2.64 bits per heavy atom. The van der Waals surface area contributed by atoms with Crippen LogP contribution in [0.2, 0.25) is 0 Å². The maximum Gasteiger partial charge on any atom is 0.234 e. The number of anilines is 3. The van der Waals surface area contributed by atoms with Crippen molar-refractivity contribution in [2.45, 2.75) is 61.4 Å². The lowest BCUT2D eigenvalue weighted by Crippen LogP contribution is -2.48. The minimum absolute atomic E-state index is 0.133. The average molecular weight is 472 g/mol. The summed E-state index contributed by atoms with van der Waals surface area (Å²) in [6, 6.07) is 6.21. The van der Waals surface area contributed by atoms with Gasteiger partial charge in [-0.25, -0.2) is 23.7 Å². The first-order valence-electron chi connectivity index (χ1n) is 11.1. The van der Waals surface area contributed by atoms with Crippen LogP contribution in [-0.2, 0) is 16.5 Å². The SMILES string of the molecule is NS(=O)c1ccc(Nc2ncc3cc4n(c3n2)C2(CCCCC2)C(F)=NN4C2CC2)c(F)c1. The Morgan fingerprint density at radius 1 is 1.15 bits per heavy atom. The van der Waals surface area contributed by atoms with Crippen molar-refractivity contribution in [1.82, 2.24) is 14.5 Å². The lowest BCUT2D eigenvalue weighted by molar-refractivity contribution is 0.262. The molecule has 3 aliphatic rings. The summed E-state index contributed by atoms with van der Waals surface area (Å²) >= 11 is 0. The molecule has 1 aliphatic heterocycles. The fraction of sp³-hybridized carbons (Fsp3) is 0.409. The molecule has 3 N–H and O–H groups in total. The Balaban J connectivity index is 1.45. The van der Waals surface area contributed by atoms with Gasteiger partial charge in [0.2, 0.25) is 11.9 Å². The van der Waals surface area contributed by atoms with Crippen LogP contribution in [0.5, 0.6) is 0 Å². The zero-order valence-corrected chi connectivity index (χ0v) is 18.6. The van der Waals surface area contributed by atoms with Gasteiger partial charge in [0.1, 0.15) is 33.8 Å². The van der Waals surface area contributed by atoms with Gasteiger partial charge in [-0.2, -0.15) is 9.37 Å². The molecule has 172 valence electrons. The van der Waals surface area contributed by atoms with E-state index in [0.29, 0.717) is 18.5 Å². The largest absolute Gasteiger partial charge is 0.322 e. The summed E-state index contributed by atoms with van der Waals surface area (Å²) in [6.07, 6.45) is 7.85. The molecule has 0 radical (unpaired) electrons. The zero-order chi connectivity index (χ0) is 22.7. The Morgan fingerprint density at radius 2 is 1.94 bits per heavy atom. The Bertz CT molecular complexity index is 1310. The van der Waals surface area contributed by atoms with Gasteiger partial charge in [-0.05, 0) is 49.9 Å². The Hall–Kier alpha value is -2.92. The number of fused-ring (bicyclic) bond motifs is 4. The van der Waals surface area contributed by atoms with E-state index in [2.05, 4.69) is 20.4 Å². The van der Waals surface area contributed by atoms with Gasteiger partial charge in [0, 0.05) is 11.6 Å². The average Bonchev–Trinajstić information content (AvgIpc) is 3.58. The van der Waals surface area contributed by atoms with E-state index in [-0.39, 0.29) is 28.5 Å². The summed E-state index contributed by atoms with van der Waals surface area (Å²) in [5.74, 6) is 0.0524. The van der Waals surface area contributed by atoms with Crippen LogP contribution in [0.1, 0.15) is 44.9 Å². The van der Waals surface area contributed by atoms with Crippen molar-refractivity contribution in [3.8, 4) is 0 Å². The topological polar surface area (TPSA) is 101 Å². The molecule has 1 unspecified atom stereocenters. The predicted molar refractivity (Wildman–Crippen MR) is 123 cm³/mol. The normalized spacial score (nSPS) is 20.6. The summed E-state index contributed by atoms with van der Waals surface area (Å²) in [5, 5.41) is 15.2. The van der Waals surface area contributed by atoms with Crippen LogP contribution in [0, 0.1) is 5.82 Å². The van der Waals surface area contributed by atoms with Gasteiger partial charge in [0.15, 0.2) is 0 Å². The van der Waals surface area contributed by atoms with Crippen LogP contribution < -0.4 is 15.5 Å². The van der Waals surface area contributed by atoms with Gasteiger partial charge < -0.3 is 5.32 Å². The van der Waals surface area contributed by atoms with Gasteiger partial charge in [-0.15, -0.1) is 5.10 Å². The lowest BCUT2D eigenvalue weighted by Gasteiger charge is -2.42. The van der Waals surface area contributed by atoms with Crippen LogP contribution in [0.25, 0.3) is 11.0 Å². The molecular weight excluding hydrogens is 448 g/mol. The van der Waals surface area contributed by atoms with Crippen molar-refractivity contribution in [2.75, 3.05) is 10.3 Å². The van der Waals surface area contributed by atoms with E-state index in [1.165, 1.54) is 12.1 Å². The third kappa shape index (κ3) is 3.33. The summed E-state index contributed by atoms with van der Waals surface area (Å²) in [4.78, 5) is 9.21. The van der Waals surface area contributed by atoms with E-state index in [4.69, 9.17) is 5.14 Å². The number of benzene rings is 1. The van der Waals surface area contributed by atoms with Crippen molar-refractivity contribution in [3.63, 3.8) is 0 Å². The van der Waals surface area contributed by atoms with Gasteiger partial charge in [0.05, 0.1) is 16.6 Å². The molecule has 1 atom stereocenters. The quantitative estimate of drug-likeness (QED) is 0.593. The molecule has 33 heavy (non-hydrogen) atoms. The van der Waals surface area contributed by atoms with Crippen molar-refractivity contribution in [2.24, 2.45) is 10.2 Å². The Labute approximate surface area is 191 Å². The number of nitrogens with one attached hydrogen (secondary N) is 1. The van der Waals surface area contributed by atoms with Gasteiger partial charge >= 0.3 is 0 Å². The standard InChI is InChI=1S/C22H23F2N7OS/c23-16-11-15(33(25)32)6-7-17(16)27-21-26-12-13-10-18-30(19(13)28-21)22(8-2-1-3-9-22)20(24)29-31(18)14-4-5-14/h6-7,10-12,14H,1-5,8-9,25H2,(H,26,27,28). The molecule has 11 heteroatoms. The molecule has 1 spiro atoms. The van der Waals surface area contributed by atoms with E-state index < -0.39 is 22.3 Å². The van der Waals surface area contributed by atoms with Gasteiger partial charge in [-0.1, -0.05) is 19.3 Å². The van der Waals surface area contributed by atoms with Crippen LogP contribution in [0.15, 0.2) is 40.5 Å². The van der Waals surface area contributed by atoms with E-state index in [1.807, 2.05) is 10.6 Å². The molecule has 2 saturated carbocycles. The first kappa shape index (κ1) is 20.7. The number of nitrogens with two attached hydrogens (primary N) is 1. The molecule has 0 bridgehead atoms. The molecule has 3 aromatic rings. The van der Waals surface area contributed by atoms with Crippen molar-refractivity contribution >= 4 is 45.4 Å². The molecule has 0 amide bonds. The van der Waals surface area contributed by atoms with Crippen LogP contribution >= 0.6 is 0 Å². The number of nitrogens with zero attached hydrogens (tertiary/aromatic N) is 5. The predicted octanol–water partition coefficient (Wildman–Crippen LogP) is 4.22. The van der Waals surface area contributed by atoms with Crippen molar-refractivity contribution < 1.29 is 13.0 Å². The molecule has 8 nitrogen and oxygen atoms in total. The second-order valence-corrected chi connectivity index (χ2v) is 10.00. The monoisotopic (exact) mass is 471 g/mol. The second-order valence-electron chi connectivity index (χ2n) is 8.93. The van der Waals surface area contributed by atoms with E-state index in [0.717, 1.165) is 49.4 Å². The zero-order valence-electron chi connectivity index (χ0n) is 17.8. The minimum atomic E-state index is -1.77. The lowest BCUT2D eigenvalue weighted by atomic mass is 9.81. The maximum atomic E-state index is 15.6. The minimum Gasteiger partial charge on any atom is -0.322 e. The first-order chi connectivity index (χ1) is 16.0. The van der Waals surface area contributed by atoms with Crippen molar-refractivity contribution in [3.05, 3.63) is 36.3 Å². The van der Waals surface area contributed by atoms with Crippen LogP contribution in [0.4, 0.5) is 26.2 Å². The smallest absolute Gasteiger partial charge is 0.234 e. The van der Waals surface area contributed by atoms with E-state index >= 15 is 4.39 Å². The summed E-state index contributed by atoms with van der Waals surface area (Å²) in [7, 11) is -1.77. The first-order valence-corrected chi connectivity index (χ1v) is 12.3. The Kier molecular flexibility index (Phi) is 4.73. The summed E-state index contributed by atoms with van der Waals surface area (Å²) in [6.45, 7) is 0. The highest BCUT2D eigenvalue weighted by molar-refractivity contribution is 7.82. The molecule has 2 fully saturated rings. The van der Waals surface area contributed by atoms with Gasteiger partial charge in [-0.3, -0.25) is 4.57 Å². The summed E-state index contributed by atoms with van der Waals surface area (Å²) < 4.78 is 43.5. The second kappa shape index (κ2) is 7.56. The molecule has 6 rings (SSSR count). The molecule has 1 aromatic carbocycles. The number of hydrogen-bond donors (Lipinski definition) is 2.